The molecule has 1 heterocycles. The molecule has 0 fully saturated rings. The van der Waals surface area contributed by atoms with Crippen LogP contribution in [0.2, 0.25) is 18.1 Å². The van der Waals surface area contributed by atoms with Crippen LogP contribution in [0.3, 0.4) is 0 Å². The Morgan fingerprint density at radius 1 is 1.37 bits per heavy atom. The first-order valence-corrected chi connectivity index (χ1v) is 10.4. The van der Waals surface area contributed by atoms with E-state index < -0.39 is 8.32 Å². The minimum absolute atomic E-state index is 0.0947. The lowest BCUT2D eigenvalue weighted by molar-refractivity contribution is 0.0270. The molecule has 1 unspecified atom stereocenters. The van der Waals surface area contributed by atoms with Gasteiger partial charge in [-0.25, -0.2) is 0 Å². The quantitative estimate of drug-likeness (QED) is 0.716. The summed E-state index contributed by atoms with van der Waals surface area (Å²) >= 11 is 3.50. The van der Waals surface area contributed by atoms with E-state index in [1.807, 2.05) is 0 Å². The van der Waals surface area contributed by atoms with Gasteiger partial charge in [0.2, 0.25) is 0 Å². The third-order valence-corrected chi connectivity index (χ3v) is 9.29. The molecule has 1 aliphatic rings. The van der Waals surface area contributed by atoms with Crippen LogP contribution in [0.25, 0.3) is 0 Å². The molecule has 0 bridgehead atoms. The van der Waals surface area contributed by atoms with Crippen molar-refractivity contribution < 1.29 is 9.16 Å². The molecule has 0 N–H and O–H groups in total. The SMILES string of the molecule is CC(C)(C)[Si](C)(C)OCC1OCc2cc(Br)ccc21. The van der Waals surface area contributed by atoms with Crippen molar-refractivity contribution in [1.29, 1.82) is 0 Å². The molecule has 19 heavy (non-hydrogen) atoms. The second-order valence-electron chi connectivity index (χ2n) is 6.71. The van der Waals surface area contributed by atoms with Crippen LogP contribution in [0, 0.1) is 0 Å². The normalized spacial score (nSPS) is 19.6. The lowest BCUT2D eigenvalue weighted by atomic mass is 10.1. The van der Waals surface area contributed by atoms with Crippen LogP contribution < -0.4 is 0 Å². The average molecular weight is 343 g/mol. The van der Waals surface area contributed by atoms with Gasteiger partial charge in [0, 0.05) is 4.47 Å². The van der Waals surface area contributed by atoms with Crippen molar-refractivity contribution in [3.8, 4) is 0 Å². The first-order valence-electron chi connectivity index (χ1n) is 6.74. The molecule has 0 aliphatic carbocycles. The molecule has 106 valence electrons. The summed E-state index contributed by atoms with van der Waals surface area (Å²) in [5.74, 6) is 0. The monoisotopic (exact) mass is 342 g/mol. The lowest BCUT2D eigenvalue weighted by Gasteiger charge is -2.36. The Morgan fingerprint density at radius 3 is 2.68 bits per heavy atom. The average Bonchev–Trinajstić information content (AvgIpc) is 2.67. The third kappa shape index (κ3) is 3.30. The third-order valence-electron chi connectivity index (χ3n) is 4.29. The summed E-state index contributed by atoms with van der Waals surface area (Å²) in [6.07, 6.45) is 0.0947. The van der Waals surface area contributed by atoms with Gasteiger partial charge in [0.15, 0.2) is 8.32 Å². The summed E-state index contributed by atoms with van der Waals surface area (Å²) < 4.78 is 13.2. The smallest absolute Gasteiger partial charge is 0.192 e. The Balaban J connectivity index is 2.04. The lowest BCUT2D eigenvalue weighted by Crippen LogP contribution is -2.41. The van der Waals surface area contributed by atoms with E-state index in [2.05, 4.69) is 68.0 Å². The van der Waals surface area contributed by atoms with Crippen LogP contribution in [0.1, 0.15) is 38.0 Å². The molecule has 2 nitrogen and oxygen atoms in total. The fraction of sp³-hybridized carbons (Fsp3) is 0.600. The highest BCUT2D eigenvalue weighted by Gasteiger charge is 2.38. The van der Waals surface area contributed by atoms with Crippen molar-refractivity contribution in [3.63, 3.8) is 0 Å². The van der Waals surface area contributed by atoms with Crippen molar-refractivity contribution in [2.75, 3.05) is 6.61 Å². The van der Waals surface area contributed by atoms with Gasteiger partial charge in [-0.1, -0.05) is 42.8 Å². The van der Waals surface area contributed by atoms with Crippen LogP contribution in [-0.4, -0.2) is 14.9 Å². The molecule has 0 amide bonds. The maximum atomic E-state index is 6.27. The Morgan fingerprint density at radius 2 is 2.05 bits per heavy atom. The summed E-state index contributed by atoms with van der Waals surface area (Å²) in [5.41, 5.74) is 2.56. The summed E-state index contributed by atoms with van der Waals surface area (Å²) in [7, 11) is -1.69. The number of benzene rings is 1. The molecule has 1 aliphatic heterocycles. The van der Waals surface area contributed by atoms with Gasteiger partial charge in [-0.05, 0) is 41.4 Å². The number of halogens is 1. The molecule has 1 aromatic rings. The molecule has 1 atom stereocenters. The number of fused-ring (bicyclic) bond motifs is 1. The zero-order chi connectivity index (χ0) is 14.3. The van der Waals surface area contributed by atoms with Crippen LogP contribution >= 0.6 is 15.9 Å². The summed E-state index contributed by atoms with van der Waals surface area (Å²) in [6, 6.07) is 6.36. The maximum absolute atomic E-state index is 6.27. The fourth-order valence-electron chi connectivity index (χ4n) is 1.93. The molecule has 0 saturated heterocycles. The van der Waals surface area contributed by atoms with Crippen LogP contribution in [0.5, 0.6) is 0 Å². The zero-order valence-electron chi connectivity index (χ0n) is 12.4. The summed E-state index contributed by atoms with van der Waals surface area (Å²) in [6.45, 7) is 12.7. The second kappa shape index (κ2) is 5.32. The Hall–Kier alpha value is -0.163. The van der Waals surface area contributed by atoms with Gasteiger partial charge in [0.25, 0.3) is 0 Å². The largest absolute Gasteiger partial charge is 0.414 e. The Labute approximate surface area is 125 Å². The molecule has 4 heteroatoms. The molecular formula is C15H23BrO2Si. The van der Waals surface area contributed by atoms with Gasteiger partial charge in [-0.15, -0.1) is 0 Å². The van der Waals surface area contributed by atoms with E-state index in [1.165, 1.54) is 11.1 Å². The summed E-state index contributed by atoms with van der Waals surface area (Å²) in [4.78, 5) is 0. The van der Waals surface area contributed by atoms with E-state index in [4.69, 9.17) is 9.16 Å². The van der Waals surface area contributed by atoms with Gasteiger partial charge in [0.05, 0.1) is 13.2 Å². The first-order chi connectivity index (χ1) is 8.71. The molecular weight excluding hydrogens is 320 g/mol. The molecule has 1 aromatic carbocycles. The Kier molecular flexibility index (Phi) is 4.26. The molecule has 0 radical (unpaired) electrons. The Bertz CT molecular complexity index is 466. The predicted octanol–water partition coefficient (Wildman–Crippen LogP) is 5.04. The number of hydrogen-bond acceptors (Lipinski definition) is 2. The maximum Gasteiger partial charge on any atom is 0.192 e. The highest BCUT2D eigenvalue weighted by molar-refractivity contribution is 9.10. The highest BCUT2D eigenvalue weighted by atomic mass is 79.9. The van der Waals surface area contributed by atoms with E-state index >= 15 is 0 Å². The minimum atomic E-state index is -1.69. The van der Waals surface area contributed by atoms with Crippen molar-refractivity contribution in [3.05, 3.63) is 33.8 Å². The van der Waals surface area contributed by atoms with E-state index in [9.17, 15) is 0 Å². The minimum Gasteiger partial charge on any atom is -0.414 e. The molecule has 0 saturated carbocycles. The van der Waals surface area contributed by atoms with E-state index in [-0.39, 0.29) is 11.1 Å². The van der Waals surface area contributed by atoms with E-state index in [0.29, 0.717) is 13.2 Å². The number of rotatable bonds is 3. The number of hydrogen-bond donors (Lipinski definition) is 0. The topological polar surface area (TPSA) is 18.5 Å². The molecule has 0 spiro atoms. The second-order valence-corrected chi connectivity index (χ2v) is 12.4. The fourth-order valence-corrected chi connectivity index (χ4v) is 3.34. The van der Waals surface area contributed by atoms with Crippen LogP contribution in [-0.2, 0) is 15.8 Å². The van der Waals surface area contributed by atoms with Crippen molar-refractivity contribution in [2.45, 2.75) is 51.6 Å². The first kappa shape index (κ1) is 15.2. The highest BCUT2D eigenvalue weighted by Crippen LogP contribution is 2.39. The standard InChI is InChI=1S/C15H23BrO2Si/c1-15(2,3)19(4,5)18-10-14-13-7-6-12(16)8-11(13)9-17-14/h6-8,14H,9-10H2,1-5H3. The predicted molar refractivity (Wildman–Crippen MR) is 84.8 cm³/mol. The van der Waals surface area contributed by atoms with Crippen molar-refractivity contribution in [1.82, 2.24) is 0 Å². The van der Waals surface area contributed by atoms with Crippen LogP contribution in [0.4, 0.5) is 0 Å². The molecule has 0 aromatic heterocycles. The van der Waals surface area contributed by atoms with Gasteiger partial charge in [-0.3, -0.25) is 0 Å². The van der Waals surface area contributed by atoms with Gasteiger partial charge >= 0.3 is 0 Å². The molecule has 2 rings (SSSR count). The van der Waals surface area contributed by atoms with Gasteiger partial charge < -0.3 is 9.16 Å². The van der Waals surface area contributed by atoms with Crippen LogP contribution in [0.15, 0.2) is 22.7 Å². The summed E-state index contributed by atoms with van der Waals surface area (Å²) in [5, 5.41) is 0.244. The van der Waals surface area contributed by atoms with E-state index in [0.717, 1.165) is 4.47 Å². The van der Waals surface area contributed by atoms with Gasteiger partial charge in [-0.2, -0.15) is 0 Å². The van der Waals surface area contributed by atoms with Gasteiger partial charge in [0.1, 0.15) is 6.10 Å². The zero-order valence-corrected chi connectivity index (χ0v) is 15.0. The van der Waals surface area contributed by atoms with E-state index in [1.54, 1.807) is 0 Å². The van der Waals surface area contributed by atoms with Crippen molar-refractivity contribution in [2.24, 2.45) is 0 Å². The number of ether oxygens (including phenoxy) is 1. The van der Waals surface area contributed by atoms with Crippen molar-refractivity contribution >= 4 is 24.2 Å².